The Bertz CT molecular complexity index is 936. The second-order valence-electron chi connectivity index (χ2n) is 8.42. The zero-order valence-corrected chi connectivity index (χ0v) is 20.4. The average Bonchev–Trinajstić information content (AvgIpc) is 2.73. The molecule has 2 aromatic carbocycles. The normalized spacial score (nSPS) is 14.2. The second kappa shape index (κ2) is 11.0. The Hall–Kier alpha value is -2.26. The molecule has 0 aromatic heterocycles. The minimum absolute atomic E-state index is 0.107. The van der Waals surface area contributed by atoms with Crippen LogP contribution >= 0.6 is 11.6 Å². The molecule has 0 radical (unpaired) electrons. The first-order valence-electron chi connectivity index (χ1n) is 9.99. The molecule has 0 aliphatic rings. The van der Waals surface area contributed by atoms with Gasteiger partial charge in [0, 0.05) is 11.4 Å². The van der Waals surface area contributed by atoms with Gasteiger partial charge in [0.2, 0.25) is 0 Å². The largest absolute Gasteiger partial charge is 0.598 e. The van der Waals surface area contributed by atoms with E-state index in [-0.39, 0.29) is 18.1 Å². The molecule has 2 N–H and O–H groups in total. The highest BCUT2D eigenvalue weighted by Crippen LogP contribution is 2.37. The first-order chi connectivity index (χ1) is 15.0. The van der Waals surface area contributed by atoms with Crippen LogP contribution in [0.2, 0.25) is 5.02 Å². The van der Waals surface area contributed by atoms with Gasteiger partial charge < -0.3 is 14.0 Å². The van der Waals surface area contributed by atoms with Crippen LogP contribution in [0.15, 0.2) is 48.5 Å². The van der Waals surface area contributed by atoms with E-state index in [0.29, 0.717) is 11.3 Å². The molecule has 0 heterocycles. The predicted molar refractivity (Wildman–Crippen MR) is 127 cm³/mol. The number of hydrogen-bond donors (Lipinski definition) is 2. The Kier molecular flexibility index (Phi) is 8.98. The van der Waals surface area contributed by atoms with E-state index >= 15 is 0 Å². The summed E-state index contributed by atoms with van der Waals surface area (Å²) < 4.78 is 25.4. The van der Waals surface area contributed by atoms with Crippen molar-refractivity contribution in [3.63, 3.8) is 0 Å². The van der Waals surface area contributed by atoms with Crippen LogP contribution in [0.3, 0.4) is 0 Å². The lowest BCUT2D eigenvalue weighted by atomic mass is 9.89. The summed E-state index contributed by atoms with van der Waals surface area (Å²) in [5.41, 5.74) is 0.528. The van der Waals surface area contributed by atoms with Gasteiger partial charge in [-0.25, -0.2) is 4.79 Å². The summed E-state index contributed by atoms with van der Waals surface area (Å²) in [6.45, 7) is 7.27. The molecule has 7 nitrogen and oxygen atoms in total. The predicted octanol–water partition coefficient (Wildman–Crippen LogP) is 4.92. The van der Waals surface area contributed by atoms with Crippen molar-refractivity contribution in [1.29, 1.82) is 0 Å². The van der Waals surface area contributed by atoms with Crippen LogP contribution in [0.5, 0.6) is 0 Å². The molecule has 0 saturated carbocycles. The zero-order valence-electron chi connectivity index (χ0n) is 18.9. The van der Waals surface area contributed by atoms with Crippen LogP contribution in [0.4, 0.5) is 10.5 Å². The van der Waals surface area contributed by atoms with Crippen LogP contribution in [-0.4, -0.2) is 28.5 Å². The molecule has 174 valence electrons. The van der Waals surface area contributed by atoms with E-state index in [9.17, 15) is 14.1 Å². The lowest BCUT2D eigenvalue weighted by molar-refractivity contribution is -0.142. The van der Waals surface area contributed by atoms with Crippen molar-refractivity contribution in [1.82, 2.24) is 4.72 Å². The summed E-state index contributed by atoms with van der Waals surface area (Å²) in [6, 6.07) is 14.3. The third-order valence-corrected chi connectivity index (χ3v) is 6.80. The molecule has 1 amide bonds. The van der Waals surface area contributed by atoms with E-state index in [1.807, 2.05) is 51.1 Å². The van der Waals surface area contributed by atoms with E-state index < -0.39 is 33.7 Å². The minimum Gasteiger partial charge on any atom is -0.598 e. The number of amides is 1. The molecule has 0 fully saturated rings. The van der Waals surface area contributed by atoms with E-state index in [4.69, 9.17) is 21.1 Å². The van der Waals surface area contributed by atoms with Crippen molar-refractivity contribution in [2.45, 2.75) is 51.0 Å². The molecule has 0 spiro atoms. The molecule has 2 atom stereocenters. The van der Waals surface area contributed by atoms with Crippen LogP contribution in [-0.2, 0) is 37.8 Å². The Labute approximate surface area is 197 Å². The number of hydrogen-bond acceptors (Lipinski definition) is 6. The molecule has 1 unspecified atom stereocenters. The van der Waals surface area contributed by atoms with Gasteiger partial charge in [-0.2, -0.15) is 0 Å². The number of benzene rings is 2. The van der Waals surface area contributed by atoms with Gasteiger partial charge in [-0.15, -0.1) is 4.72 Å². The molecule has 9 heteroatoms. The highest BCUT2D eigenvalue weighted by atomic mass is 35.5. The molecule has 0 saturated heterocycles. The van der Waals surface area contributed by atoms with E-state index in [0.717, 1.165) is 5.56 Å². The van der Waals surface area contributed by atoms with Crippen LogP contribution in [0.1, 0.15) is 45.2 Å². The summed E-state index contributed by atoms with van der Waals surface area (Å²) in [4.78, 5) is 24.4. The van der Waals surface area contributed by atoms with Gasteiger partial charge in [-0.1, -0.05) is 54.1 Å². The SMILES string of the molecule is COC(=O)C[C@](C)(N[S+]([O-])C(C)(C)C)c1cccc(NC(=O)OCc2ccccc2)c1Cl. The number of carbonyl (C=O) groups is 2. The average molecular weight is 481 g/mol. The third-order valence-electron chi connectivity index (χ3n) is 4.64. The van der Waals surface area contributed by atoms with Gasteiger partial charge in [0.25, 0.3) is 0 Å². The highest BCUT2D eigenvalue weighted by molar-refractivity contribution is 7.90. The van der Waals surface area contributed by atoms with E-state index in [2.05, 4.69) is 10.0 Å². The number of carbonyl (C=O) groups excluding carboxylic acids is 2. The molecular weight excluding hydrogens is 452 g/mol. The molecule has 0 aliphatic heterocycles. The summed E-state index contributed by atoms with van der Waals surface area (Å²) in [5, 5.41) is 2.83. The molecule has 2 rings (SSSR count). The maximum absolute atomic E-state index is 12.8. The highest BCUT2D eigenvalue weighted by Gasteiger charge is 2.40. The fraction of sp³-hybridized carbons (Fsp3) is 0.391. The fourth-order valence-electron chi connectivity index (χ4n) is 2.83. The number of ether oxygens (including phenoxy) is 2. The number of rotatable bonds is 8. The van der Waals surface area contributed by atoms with Gasteiger partial charge >= 0.3 is 12.1 Å². The van der Waals surface area contributed by atoms with Gasteiger partial charge in [0.05, 0.1) is 29.8 Å². The van der Waals surface area contributed by atoms with Crippen LogP contribution in [0.25, 0.3) is 0 Å². The van der Waals surface area contributed by atoms with E-state index in [1.54, 1.807) is 25.1 Å². The lowest BCUT2D eigenvalue weighted by Crippen LogP contribution is -2.51. The van der Waals surface area contributed by atoms with E-state index in [1.165, 1.54) is 7.11 Å². The molecule has 0 bridgehead atoms. The summed E-state index contributed by atoms with van der Waals surface area (Å²) >= 11 is 5.11. The smallest absolute Gasteiger partial charge is 0.412 e. The first kappa shape index (κ1) is 26.0. The third kappa shape index (κ3) is 7.13. The Morgan fingerprint density at radius 3 is 2.31 bits per heavy atom. The van der Waals surface area contributed by atoms with Crippen molar-refractivity contribution in [3.8, 4) is 0 Å². The number of halogens is 1. The fourth-order valence-corrected chi connectivity index (χ4v) is 4.11. The maximum atomic E-state index is 12.8. The molecular formula is C23H29ClN2O5S. The van der Waals surface area contributed by atoms with Gasteiger partial charge in [0.15, 0.2) is 0 Å². The van der Waals surface area contributed by atoms with Crippen molar-refractivity contribution in [2.24, 2.45) is 0 Å². The quantitative estimate of drug-likeness (QED) is 0.411. The van der Waals surface area contributed by atoms with Crippen molar-refractivity contribution in [2.75, 3.05) is 12.4 Å². The number of nitrogens with one attached hydrogen (secondary N) is 2. The Morgan fingerprint density at radius 1 is 1.06 bits per heavy atom. The summed E-state index contributed by atoms with van der Waals surface area (Å²) in [5.74, 6) is -0.498. The van der Waals surface area contributed by atoms with Crippen LogP contribution < -0.4 is 10.0 Å². The van der Waals surface area contributed by atoms with Crippen LogP contribution in [0, 0.1) is 0 Å². The minimum atomic E-state index is -1.50. The van der Waals surface area contributed by atoms with Gasteiger partial charge in [-0.3, -0.25) is 10.1 Å². The summed E-state index contributed by atoms with van der Waals surface area (Å²) in [6.07, 6.45) is -0.791. The molecule has 32 heavy (non-hydrogen) atoms. The Morgan fingerprint density at radius 2 is 1.72 bits per heavy atom. The van der Waals surface area contributed by atoms with Crippen molar-refractivity contribution >= 4 is 40.7 Å². The standard InChI is InChI=1S/C23H29ClN2O5S/c1-22(2,3)32(29)26-23(4,14-19(27)30-5)17-12-9-13-18(20(17)24)25-21(28)31-15-16-10-7-6-8-11-16/h6-13,26H,14-15H2,1-5H3,(H,25,28)/t23-,32?/m0/s1. The van der Waals surface area contributed by atoms with Gasteiger partial charge in [0.1, 0.15) is 11.4 Å². The molecule has 0 aliphatic carbocycles. The van der Waals surface area contributed by atoms with Crippen molar-refractivity contribution in [3.05, 3.63) is 64.7 Å². The maximum Gasteiger partial charge on any atom is 0.412 e. The monoisotopic (exact) mass is 480 g/mol. The topological polar surface area (TPSA) is 99.7 Å². The lowest BCUT2D eigenvalue weighted by Gasteiger charge is -2.35. The zero-order chi connectivity index (χ0) is 23.9. The number of esters is 1. The van der Waals surface area contributed by atoms with Gasteiger partial charge in [-0.05, 0) is 44.9 Å². The first-order valence-corrected chi connectivity index (χ1v) is 11.5. The second-order valence-corrected chi connectivity index (χ2v) is 10.8. The number of methoxy groups -OCH3 is 1. The number of anilines is 1. The Balaban J connectivity index is 2.26. The molecule has 2 aromatic rings. The summed E-state index contributed by atoms with van der Waals surface area (Å²) in [7, 11) is 1.28. The van der Waals surface area contributed by atoms with Crippen molar-refractivity contribution < 1.29 is 23.6 Å².